The van der Waals surface area contributed by atoms with Crippen LogP contribution in [0.25, 0.3) is 0 Å². The van der Waals surface area contributed by atoms with E-state index in [0.29, 0.717) is 12.0 Å². The van der Waals surface area contributed by atoms with E-state index in [1.54, 1.807) is 0 Å². The van der Waals surface area contributed by atoms with E-state index in [1.165, 1.54) is 0 Å². The highest BCUT2D eigenvalue weighted by atomic mass is 32.2. The molecule has 2 heterocycles. The molecule has 0 saturated carbocycles. The second-order valence-corrected chi connectivity index (χ2v) is 6.77. The van der Waals surface area contributed by atoms with Crippen LogP contribution in [0.1, 0.15) is 44.5 Å². The Morgan fingerprint density at radius 1 is 1.47 bits per heavy atom. The average molecular weight is 255 g/mol. The third-order valence-corrected chi connectivity index (χ3v) is 4.89. The van der Waals surface area contributed by atoms with Crippen LogP contribution in [0.15, 0.2) is 12.5 Å². The summed E-state index contributed by atoms with van der Waals surface area (Å²) in [5.41, 5.74) is 7.31. The molecule has 0 radical (unpaired) electrons. The van der Waals surface area contributed by atoms with E-state index in [2.05, 4.69) is 23.4 Å². The molecular weight excluding hydrogens is 234 g/mol. The Bertz CT molecular complexity index is 392. The molecule has 2 rings (SSSR count). The lowest BCUT2D eigenvalue weighted by atomic mass is 10.0. The first-order valence-electron chi connectivity index (χ1n) is 6.22. The Kier molecular flexibility index (Phi) is 3.99. The second kappa shape index (κ2) is 5.31. The van der Waals surface area contributed by atoms with Gasteiger partial charge in [-0.15, -0.1) is 0 Å². The molecule has 1 fully saturated rings. The van der Waals surface area contributed by atoms with Crippen molar-refractivity contribution in [3.63, 3.8) is 0 Å². The van der Waals surface area contributed by atoms with Crippen molar-refractivity contribution in [3.05, 3.63) is 18.2 Å². The average Bonchev–Trinajstić information content (AvgIpc) is 2.77. The fourth-order valence-electron chi connectivity index (χ4n) is 2.28. The van der Waals surface area contributed by atoms with Crippen LogP contribution in [-0.4, -0.2) is 25.3 Å². The monoisotopic (exact) mass is 255 g/mol. The van der Waals surface area contributed by atoms with Crippen LogP contribution < -0.4 is 5.73 Å². The summed E-state index contributed by atoms with van der Waals surface area (Å²) in [6.45, 7) is 4.25. The maximum absolute atomic E-state index is 11.4. The van der Waals surface area contributed by atoms with Gasteiger partial charge in [0.15, 0.2) is 0 Å². The summed E-state index contributed by atoms with van der Waals surface area (Å²) in [5, 5.41) is 0. The molecule has 0 aliphatic carbocycles. The number of hydrogen-bond donors (Lipinski definition) is 1. The summed E-state index contributed by atoms with van der Waals surface area (Å²) in [6, 6.07) is 0.458. The van der Waals surface area contributed by atoms with Gasteiger partial charge in [0, 0.05) is 40.6 Å². The summed E-state index contributed by atoms with van der Waals surface area (Å²) in [7, 11) is -0.614. The van der Waals surface area contributed by atoms with Gasteiger partial charge in [-0.25, -0.2) is 4.98 Å². The van der Waals surface area contributed by atoms with Gasteiger partial charge in [0.2, 0.25) is 0 Å². The molecule has 2 N–H and O–H groups in total. The molecule has 4 nitrogen and oxygen atoms in total. The number of rotatable bonds is 3. The van der Waals surface area contributed by atoms with Crippen molar-refractivity contribution in [1.82, 2.24) is 9.55 Å². The van der Waals surface area contributed by atoms with Crippen molar-refractivity contribution in [2.24, 2.45) is 11.7 Å². The molecule has 1 atom stereocenters. The molecule has 0 amide bonds. The van der Waals surface area contributed by atoms with E-state index in [9.17, 15) is 4.21 Å². The maximum atomic E-state index is 11.4. The van der Waals surface area contributed by atoms with Gasteiger partial charge in [-0.1, -0.05) is 13.8 Å². The molecule has 0 bridgehead atoms. The molecule has 1 aromatic heterocycles. The standard InChI is InChI=1S/C12H21N3OS/c1-9(2)12(13)11-7-14-8-15(11)10-3-5-17(16)6-4-10/h7-10,12H,3-6,13H2,1-2H3. The zero-order valence-electron chi connectivity index (χ0n) is 10.5. The van der Waals surface area contributed by atoms with Gasteiger partial charge in [-0.3, -0.25) is 4.21 Å². The van der Waals surface area contributed by atoms with Gasteiger partial charge < -0.3 is 10.3 Å². The minimum atomic E-state index is -0.614. The highest BCUT2D eigenvalue weighted by Crippen LogP contribution is 2.27. The third kappa shape index (κ3) is 2.77. The number of hydrogen-bond acceptors (Lipinski definition) is 3. The molecule has 1 aliphatic rings. The van der Waals surface area contributed by atoms with Crippen LogP contribution in [0.3, 0.4) is 0 Å². The minimum absolute atomic E-state index is 0.0323. The molecule has 17 heavy (non-hydrogen) atoms. The highest BCUT2D eigenvalue weighted by Gasteiger charge is 2.23. The van der Waals surface area contributed by atoms with Crippen LogP contribution in [0, 0.1) is 5.92 Å². The van der Waals surface area contributed by atoms with Gasteiger partial charge >= 0.3 is 0 Å². The topological polar surface area (TPSA) is 60.9 Å². The summed E-state index contributed by atoms with van der Waals surface area (Å²) in [4.78, 5) is 4.23. The van der Waals surface area contributed by atoms with Gasteiger partial charge in [0.05, 0.1) is 12.0 Å². The van der Waals surface area contributed by atoms with Gasteiger partial charge in [0.25, 0.3) is 0 Å². The summed E-state index contributed by atoms with van der Waals surface area (Å²) < 4.78 is 13.6. The van der Waals surface area contributed by atoms with Gasteiger partial charge in [0.1, 0.15) is 0 Å². The van der Waals surface area contributed by atoms with Crippen LogP contribution in [0.2, 0.25) is 0 Å². The Labute approximate surface area is 105 Å². The van der Waals surface area contributed by atoms with Crippen molar-refractivity contribution in [2.75, 3.05) is 11.5 Å². The molecule has 0 spiro atoms. The molecule has 1 saturated heterocycles. The van der Waals surface area contributed by atoms with Crippen molar-refractivity contribution < 1.29 is 4.21 Å². The third-order valence-electron chi connectivity index (χ3n) is 3.51. The first-order valence-corrected chi connectivity index (χ1v) is 7.70. The van der Waals surface area contributed by atoms with Crippen molar-refractivity contribution in [3.8, 4) is 0 Å². The van der Waals surface area contributed by atoms with Crippen molar-refractivity contribution >= 4 is 10.8 Å². The summed E-state index contributed by atoms with van der Waals surface area (Å²) >= 11 is 0. The fraction of sp³-hybridized carbons (Fsp3) is 0.750. The lowest BCUT2D eigenvalue weighted by Gasteiger charge is -2.27. The van der Waals surface area contributed by atoms with Crippen LogP contribution in [0.5, 0.6) is 0 Å². The molecular formula is C12H21N3OS. The zero-order valence-corrected chi connectivity index (χ0v) is 11.3. The predicted molar refractivity (Wildman–Crippen MR) is 70.1 cm³/mol. The summed E-state index contributed by atoms with van der Waals surface area (Å²) in [6.07, 6.45) is 5.69. The lowest BCUT2D eigenvalue weighted by molar-refractivity contribution is 0.411. The largest absolute Gasteiger partial charge is 0.330 e. The van der Waals surface area contributed by atoms with E-state index in [0.717, 1.165) is 30.0 Å². The number of imidazole rings is 1. The SMILES string of the molecule is CC(C)C(N)c1cncn1C1CCS(=O)CC1. The van der Waals surface area contributed by atoms with Crippen LogP contribution in [-0.2, 0) is 10.8 Å². The van der Waals surface area contributed by atoms with Crippen LogP contribution in [0.4, 0.5) is 0 Å². The normalized spacial score (nSPS) is 27.3. The van der Waals surface area contributed by atoms with Gasteiger partial charge in [-0.05, 0) is 18.8 Å². The van der Waals surface area contributed by atoms with Crippen molar-refractivity contribution in [1.29, 1.82) is 0 Å². The van der Waals surface area contributed by atoms with E-state index < -0.39 is 10.8 Å². The second-order valence-electron chi connectivity index (χ2n) is 5.07. The molecule has 0 aromatic carbocycles. The van der Waals surface area contributed by atoms with E-state index in [4.69, 9.17) is 5.73 Å². The Hall–Kier alpha value is -0.680. The Balaban J connectivity index is 2.16. The lowest BCUT2D eigenvalue weighted by Crippen LogP contribution is -2.26. The van der Waals surface area contributed by atoms with Gasteiger partial charge in [-0.2, -0.15) is 0 Å². The fourth-order valence-corrected chi connectivity index (χ4v) is 3.55. The Morgan fingerprint density at radius 3 is 2.71 bits per heavy atom. The highest BCUT2D eigenvalue weighted by molar-refractivity contribution is 7.85. The first-order chi connectivity index (χ1) is 8.09. The molecule has 1 unspecified atom stereocenters. The van der Waals surface area contributed by atoms with E-state index in [-0.39, 0.29) is 6.04 Å². The first kappa shape index (κ1) is 12.8. The van der Waals surface area contributed by atoms with Crippen molar-refractivity contribution in [2.45, 2.75) is 38.8 Å². The summed E-state index contributed by atoms with van der Waals surface area (Å²) in [5.74, 6) is 2.02. The van der Waals surface area contributed by atoms with E-state index >= 15 is 0 Å². The minimum Gasteiger partial charge on any atom is -0.330 e. The zero-order chi connectivity index (χ0) is 12.4. The smallest absolute Gasteiger partial charge is 0.0951 e. The number of nitrogens with zero attached hydrogens (tertiary/aromatic N) is 2. The molecule has 1 aliphatic heterocycles. The molecule has 1 aromatic rings. The molecule has 96 valence electrons. The number of nitrogens with two attached hydrogens (primary N) is 1. The molecule has 5 heteroatoms. The number of aromatic nitrogens is 2. The van der Waals surface area contributed by atoms with Crippen LogP contribution >= 0.6 is 0 Å². The predicted octanol–water partition coefficient (Wildman–Crippen LogP) is 1.62. The Morgan fingerprint density at radius 2 is 2.12 bits per heavy atom. The maximum Gasteiger partial charge on any atom is 0.0951 e. The van der Waals surface area contributed by atoms with E-state index in [1.807, 2.05) is 12.5 Å². The quantitative estimate of drug-likeness (QED) is 0.893.